The first kappa shape index (κ1) is 37.8. The Labute approximate surface area is 247 Å². The van der Waals surface area contributed by atoms with Crippen molar-refractivity contribution in [2.24, 2.45) is 0 Å². The summed E-state index contributed by atoms with van der Waals surface area (Å²) in [6.07, 6.45) is 4.99. The molecule has 2 aromatic rings. The van der Waals surface area contributed by atoms with Gasteiger partial charge >= 0.3 is 17.1 Å². The van der Waals surface area contributed by atoms with Gasteiger partial charge in [-0.2, -0.15) is 30.9 Å². The van der Waals surface area contributed by atoms with E-state index in [-0.39, 0.29) is 0 Å². The highest BCUT2D eigenvalue weighted by Gasteiger charge is 2.47. The fourth-order valence-electron chi connectivity index (χ4n) is 3.30. The maximum absolute atomic E-state index is 12.3. The summed E-state index contributed by atoms with van der Waals surface area (Å²) in [7, 11) is -13.4. The number of alkyl halides is 6. The lowest BCUT2D eigenvalue weighted by Gasteiger charge is -2.27. The number of amides is 1. The van der Waals surface area contributed by atoms with Crippen LogP contribution in [0.25, 0.3) is 9.70 Å². The van der Waals surface area contributed by atoms with Gasteiger partial charge in [0.15, 0.2) is 45.1 Å². The van der Waals surface area contributed by atoms with E-state index >= 15 is 0 Å². The second-order valence-electron chi connectivity index (χ2n) is 9.65. The van der Waals surface area contributed by atoms with Crippen LogP contribution in [0.5, 0.6) is 0 Å². The van der Waals surface area contributed by atoms with Crippen LogP contribution in [0.4, 0.5) is 31.1 Å². The molecule has 1 aromatic carbocycles. The molecule has 0 saturated heterocycles. The van der Waals surface area contributed by atoms with Crippen molar-refractivity contribution in [1.82, 2.24) is 5.32 Å². The molecule has 1 N–H and O–H groups in total. The average molecular weight is 662 g/mol. The fraction of sp³-hybridized carbons (Fsp3) is 0.462. The van der Waals surface area contributed by atoms with Crippen LogP contribution in [0.2, 0.25) is 0 Å². The zero-order valence-corrected chi connectivity index (χ0v) is 25.4. The van der Waals surface area contributed by atoms with Gasteiger partial charge in [-0.1, -0.05) is 49.8 Å². The molecular weight excluding hydrogens is 628 g/mol. The first-order chi connectivity index (χ1) is 19.5. The molecule has 2 rings (SSSR count). The van der Waals surface area contributed by atoms with Gasteiger partial charge in [0.05, 0.1) is 5.54 Å². The molecule has 17 heteroatoms. The summed E-state index contributed by atoms with van der Waals surface area (Å²) in [4.78, 5) is 12.3. The number of nitrogens with zero attached hydrogens (tertiary/aromatic N) is 2. The Bertz CT molecular complexity index is 1430. The molecular formula is C26H33F6N3O6S2. The molecule has 0 aliphatic rings. The molecule has 0 bridgehead atoms. The molecule has 0 spiro atoms. The number of unbranched alkanes of at least 4 members (excludes halogenated alkanes) is 1. The van der Waals surface area contributed by atoms with Crippen molar-refractivity contribution in [3.8, 4) is 0 Å². The van der Waals surface area contributed by atoms with Crippen LogP contribution in [0.15, 0.2) is 55.2 Å². The van der Waals surface area contributed by atoms with E-state index in [4.69, 9.17) is 4.74 Å². The van der Waals surface area contributed by atoms with E-state index < -0.39 is 42.7 Å². The van der Waals surface area contributed by atoms with Crippen LogP contribution in [0.3, 0.4) is 0 Å². The summed E-state index contributed by atoms with van der Waals surface area (Å²) in [6.45, 7) is 13.1. The van der Waals surface area contributed by atoms with E-state index in [1.165, 1.54) is 5.69 Å². The van der Waals surface area contributed by atoms with Crippen LogP contribution in [-0.2, 0) is 43.3 Å². The number of alkyl carbamates (subject to hydrolysis) is 1. The van der Waals surface area contributed by atoms with Crippen molar-refractivity contribution in [3.05, 3.63) is 76.2 Å². The molecule has 9 nitrogen and oxygen atoms in total. The van der Waals surface area contributed by atoms with Gasteiger partial charge in [0.1, 0.15) is 0 Å². The smallest absolute Gasteiger partial charge is 0.443 e. The highest BCUT2D eigenvalue weighted by molar-refractivity contribution is 8.13. The predicted molar refractivity (Wildman–Crippen MR) is 147 cm³/mol. The number of carbonyl (C=O) groups excluding carboxylic acids is 1. The lowest BCUT2D eigenvalue weighted by molar-refractivity contribution is -0.705. The van der Waals surface area contributed by atoms with E-state index in [9.17, 15) is 48.0 Å². The maximum Gasteiger partial charge on any atom is 0.480 e. The lowest BCUT2D eigenvalue weighted by atomic mass is 9.92. The molecule has 0 saturated carbocycles. The number of carbonyl (C=O) groups is 1. The first-order valence-corrected chi connectivity index (χ1v) is 15.5. The van der Waals surface area contributed by atoms with Crippen LogP contribution < -0.4 is 9.88 Å². The maximum atomic E-state index is 12.3. The van der Waals surface area contributed by atoms with E-state index in [1.807, 2.05) is 51.2 Å². The van der Waals surface area contributed by atoms with Gasteiger partial charge in [0.25, 0.3) is 0 Å². The Balaban J connectivity index is 0.000000523. The zero-order chi connectivity index (χ0) is 33.3. The second kappa shape index (κ2) is 15.0. The normalized spacial score (nSPS) is 12.6. The molecule has 0 atom stereocenters. The molecule has 1 heterocycles. The van der Waals surface area contributed by atoms with Crippen molar-refractivity contribution >= 4 is 31.7 Å². The van der Waals surface area contributed by atoms with Crippen LogP contribution in [-0.4, -0.2) is 40.6 Å². The minimum Gasteiger partial charge on any atom is -0.443 e. The standard InChI is InChI=1S/C24H32N2O2.C2F6NO4S2/c1-6-7-13-22-14-8-9-15-26(22)16-17-28-23(27)25-24(4,5)21-12-10-11-20(18-21)19(2)3;3-1(4,5)14(10,11)9-15(12,13)2(6,7)8/h8-12,14-15,18H,2,6-7,13,16-17H2,1,3-5H3;/q;-1/p+1. The average Bonchev–Trinajstić information content (AvgIpc) is 2.86. The van der Waals surface area contributed by atoms with E-state index in [0.29, 0.717) is 13.2 Å². The number of aromatic nitrogens is 1. The van der Waals surface area contributed by atoms with Crippen LogP contribution >= 0.6 is 0 Å². The molecule has 0 radical (unpaired) electrons. The van der Waals surface area contributed by atoms with Gasteiger partial charge in [-0.05, 0) is 44.4 Å². The van der Waals surface area contributed by atoms with E-state index in [0.717, 1.165) is 40.1 Å². The number of rotatable bonds is 11. The number of ether oxygens (including phenoxy) is 1. The third-order valence-corrected chi connectivity index (χ3v) is 8.40. The Morgan fingerprint density at radius 2 is 1.56 bits per heavy atom. The van der Waals surface area contributed by atoms with Gasteiger partial charge in [0, 0.05) is 18.6 Å². The van der Waals surface area contributed by atoms with Crippen molar-refractivity contribution in [2.45, 2.75) is 70.1 Å². The summed E-state index contributed by atoms with van der Waals surface area (Å²) in [5.41, 5.74) is -8.58. The van der Waals surface area contributed by atoms with Gasteiger partial charge in [-0.25, -0.2) is 21.6 Å². The monoisotopic (exact) mass is 661 g/mol. The number of halogens is 6. The van der Waals surface area contributed by atoms with E-state index in [2.05, 4.69) is 41.6 Å². The first-order valence-electron chi connectivity index (χ1n) is 12.6. The van der Waals surface area contributed by atoms with Crippen LogP contribution in [0, 0.1) is 0 Å². The van der Waals surface area contributed by atoms with Crippen molar-refractivity contribution < 1.29 is 57.3 Å². The topological polar surface area (TPSA) is 125 Å². The van der Waals surface area contributed by atoms with Gasteiger partial charge < -0.3 is 14.2 Å². The highest BCUT2D eigenvalue weighted by Crippen LogP contribution is 2.36. The second-order valence-corrected chi connectivity index (χ2v) is 13.1. The number of nitrogens with one attached hydrogen (secondary N) is 1. The highest BCUT2D eigenvalue weighted by atomic mass is 32.3. The molecule has 0 aliphatic heterocycles. The molecule has 1 aromatic heterocycles. The predicted octanol–water partition coefficient (Wildman–Crippen LogP) is 6.07. The molecule has 0 unspecified atom stereocenters. The van der Waals surface area contributed by atoms with Crippen molar-refractivity contribution in [2.75, 3.05) is 6.61 Å². The summed E-state index contributed by atoms with van der Waals surface area (Å²) < 4.78 is 117. The number of pyridine rings is 1. The van der Waals surface area contributed by atoms with Gasteiger partial charge in [0.2, 0.25) is 0 Å². The molecule has 242 valence electrons. The minimum absolute atomic E-state index is 0.335. The zero-order valence-electron chi connectivity index (χ0n) is 23.8. The molecule has 0 aliphatic carbocycles. The van der Waals surface area contributed by atoms with Gasteiger partial charge in [-0.15, -0.1) is 0 Å². The summed E-state index contributed by atoms with van der Waals surface area (Å²) in [6, 6.07) is 14.3. The Morgan fingerprint density at radius 3 is 2.07 bits per heavy atom. The largest absolute Gasteiger partial charge is 0.480 e. The summed E-state index contributed by atoms with van der Waals surface area (Å²) in [5.74, 6) is 0. The number of sulfonamides is 2. The van der Waals surface area contributed by atoms with Gasteiger partial charge in [-0.3, -0.25) is 0 Å². The SMILES string of the molecule is C=C(C)c1cccc(C(C)(C)NC(=O)OCC[n+]2ccccc2CCCC)c1.O=S(=O)([N-]S(=O)(=O)C(F)(F)F)C(F)(F)F. The Kier molecular flexibility index (Phi) is 13.2. The molecule has 43 heavy (non-hydrogen) atoms. The Morgan fingerprint density at radius 1 is 0.977 bits per heavy atom. The minimum atomic E-state index is -6.72. The third kappa shape index (κ3) is 11.8. The van der Waals surface area contributed by atoms with Crippen LogP contribution in [0.1, 0.15) is 57.4 Å². The number of benzene rings is 1. The molecule has 0 fully saturated rings. The quantitative estimate of drug-likeness (QED) is 0.230. The van der Waals surface area contributed by atoms with Crippen molar-refractivity contribution in [3.63, 3.8) is 0 Å². The summed E-state index contributed by atoms with van der Waals surface area (Å²) >= 11 is 0. The summed E-state index contributed by atoms with van der Waals surface area (Å²) in [5, 5.41) is 2.97. The fourth-order valence-corrected chi connectivity index (χ4v) is 5.01. The van der Waals surface area contributed by atoms with E-state index in [1.54, 1.807) is 0 Å². The number of aryl methyl sites for hydroxylation is 1. The number of allylic oxidation sites excluding steroid dienone is 1. The number of hydrogen-bond acceptors (Lipinski definition) is 6. The third-order valence-electron chi connectivity index (χ3n) is 5.66. The van der Waals surface area contributed by atoms with Crippen molar-refractivity contribution in [1.29, 1.82) is 0 Å². The lowest BCUT2D eigenvalue weighted by Crippen LogP contribution is -2.44. The number of hydrogen-bond donors (Lipinski definition) is 1. The Hall–Kier alpha value is -3.18. The molecule has 1 amide bonds.